The van der Waals surface area contributed by atoms with Gasteiger partial charge in [-0.1, -0.05) is 36.4 Å². The molecule has 1 N–H and O–H groups in total. The van der Waals surface area contributed by atoms with Crippen LogP contribution in [0.4, 0.5) is 17.1 Å². The summed E-state index contributed by atoms with van der Waals surface area (Å²) in [6.07, 6.45) is 2.77. The van der Waals surface area contributed by atoms with Crippen molar-refractivity contribution in [2.75, 3.05) is 5.32 Å². The average molecular weight is 265 g/mol. The Hall–Kier alpha value is -2.95. The van der Waals surface area contributed by atoms with E-state index >= 15 is 0 Å². The summed E-state index contributed by atoms with van der Waals surface area (Å²) in [6.45, 7) is 0. The molecule has 98 valence electrons. The Labute approximate surface area is 115 Å². The zero-order valence-electron chi connectivity index (χ0n) is 10.5. The molecule has 3 rings (SSSR count). The molecule has 1 aromatic heterocycles. The van der Waals surface area contributed by atoms with E-state index in [1.807, 2.05) is 42.5 Å². The zero-order valence-corrected chi connectivity index (χ0v) is 10.5. The molecule has 20 heavy (non-hydrogen) atoms. The van der Waals surface area contributed by atoms with Crippen LogP contribution < -0.4 is 5.32 Å². The zero-order chi connectivity index (χ0) is 13.9. The monoisotopic (exact) mass is 265 g/mol. The van der Waals surface area contributed by atoms with Crippen molar-refractivity contribution in [3.05, 3.63) is 71.0 Å². The van der Waals surface area contributed by atoms with Crippen molar-refractivity contribution < 1.29 is 4.92 Å². The van der Waals surface area contributed by atoms with Gasteiger partial charge in [0.1, 0.15) is 11.9 Å². The molecule has 2 aromatic carbocycles. The van der Waals surface area contributed by atoms with E-state index in [4.69, 9.17) is 0 Å². The third kappa shape index (κ3) is 2.16. The van der Waals surface area contributed by atoms with Gasteiger partial charge in [0.2, 0.25) is 0 Å². The number of fused-ring (bicyclic) bond motifs is 1. The lowest BCUT2D eigenvalue weighted by Crippen LogP contribution is -1.98. The second-order valence-corrected chi connectivity index (χ2v) is 4.30. The molecule has 0 atom stereocenters. The van der Waals surface area contributed by atoms with E-state index in [1.165, 1.54) is 12.4 Å². The second-order valence-electron chi connectivity index (χ2n) is 4.30. The van der Waals surface area contributed by atoms with Gasteiger partial charge in [-0.05, 0) is 17.5 Å². The number of nitrogens with one attached hydrogen (secondary N) is 1. The van der Waals surface area contributed by atoms with Crippen molar-refractivity contribution in [3.8, 4) is 0 Å². The highest BCUT2D eigenvalue weighted by atomic mass is 16.6. The summed E-state index contributed by atoms with van der Waals surface area (Å²) in [5, 5.41) is 16.2. The highest BCUT2D eigenvalue weighted by Gasteiger charge is 2.13. The maximum atomic E-state index is 11.0. The molecule has 0 amide bonds. The van der Waals surface area contributed by atoms with Crippen molar-refractivity contribution >= 4 is 27.8 Å². The first kappa shape index (κ1) is 12.1. The molecule has 5 heteroatoms. The second kappa shape index (κ2) is 4.97. The number of aromatic nitrogens is 1. The Kier molecular flexibility index (Phi) is 3.01. The van der Waals surface area contributed by atoms with Crippen LogP contribution in [0.2, 0.25) is 0 Å². The Morgan fingerprint density at radius 2 is 1.80 bits per heavy atom. The lowest BCUT2D eigenvalue weighted by atomic mass is 10.1. The van der Waals surface area contributed by atoms with Crippen LogP contribution in [-0.2, 0) is 0 Å². The van der Waals surface area contributed by atoms with Crippen molar-refractivity contribution in [3.63, 3.8) is 0 Å². The lowest BCUT2D eigenvalue weighted by molar-refractivity contribution is -0.384. The van der Waals surface area contributed by atoms with Crippen LogP contribution in [0.3, 0.4) is 0 Å². The first-order chi connectivity index (χ1) is 9.75. The van der Waals surface area contributed by atoms with Gasteiger partial charge in [-0.15, -0.1) is 0 Å². The fraction of sp³-hybridized carbons (Fsp3) is 0. The predicted molar refractivity (Wildman–Crippen MR) is 78.1 cm³/mol. The summed E-state index contributed by atoms with van der Waals surface area (Å²) in [5.74, 6) is 0. The maximum Gasteiger partial charge on any atom is 0.310 e. The third-order valence-electron chi connectivity index (χ3n) is 3.06. The van der Waals surface area contributed by atoms with Crippen LogP contribution in [-0.4, -0.2) is 9.91 Å². The molecule has 0 fully saturated rings. The van der Waals surface area contributed by atoms with Gasteiger partial charge >= 0.3 is 5.69 Å². The minimum Gasteiger partial charge on any atom is -0.349 e. The van der Waals surface area contributed by atoms with E-state index in [9.17, 15) is 10.1 Å². The number of hydrogen-bond donors (Lipinski definition) is 1. The van der Waals surface area contributed by atoms with Gasteiger partial charge in [-0.25, -0.2) is 0 Å². The number of pyridine rings is 1. The molecule has 3 aromatic rings. The van der Waals surface area contributed by atoms with E-state index in [0.29, 0.717) is 5.69 Å². The van der Waals surface area contributed by atoms with Crippen LogP contribution in [0.5, 0.6) is 0 Å². The van der Waals surface area contributed by atoms with Gasteiger partial charge in [-0.2, -0.15) is 0 Å². The standard InChI is InChI=1S/C15H11N3O2/c19-18(20)15-10-16-9-8-14(15)17-13-7-3-5-11-4-1-2-6-12(11)13/h1-10H,(H,16,17). The molecule has 0 aliphatic heterocycles. The molecular weight excluding hydrogens is 254 g/mol. The predicted octanol–water partition coefficient (Wildman–Crippen LogP) is 3.89. The van der Waals surface area contributed by atoms with Crippen LogP contribution >= 0.6 is 0 Å². The van der Waals surface area contributed by atoms with E-state index in [2.05, 4.69) is 10.3 Å². The van der Waals surface area contributed by atoms with Crippen LogP contribution in [0.15, 0.2) is 60.9 Å². The summed E-state index contributed by atoms with van der Waals surface area (Å²) in [4.78, 5) is 14.3. The van der Waals surface area contributed by atoms with E-state index in [-0.39, 0.29) is 5.69 Å². The number of nitrogens with zero attached hydrogens (tertiary/aromatic N) is 2. The largest absolute Gasteiger partial charge is 0.349 e. The number of rotatable bonds is 3. The van der Waals surface area contributed by atoms with Crippen LogP contribution in [0.25, 0.3) is 10.8 Å². The fourth-order valence-corrected chi connectivity index (χ4v) is 2.12. The lowest BCUT2D eigenvalue weighted by Gasteiger charge is -2.09. The summed E-state index contributed by atoms with van der Waals surface area (Å²) in [5.41, 5.74) is 1.22. The Bertz CT molecular complexity index is 781. The van der Waals surface area contributed by atoms with Crippen molar-refractivity contribution in [2.24, 2.45) is 0 Å². The minimum absolute atomic E-state index is 0.0413. The third-order valence-corrected chi connectivity index (χ3v) is 3.06. The molecule has 0 saturated heterocycles. The van der Waals surface area contributed by atoms with Gasteiger partial charge in [0.15, 0.2) is 0 Å². The Morgan fingerprint density at radius 3 is 2.65 bits per heavy atom. The van der Waals surface area contributed by atoms with Gasteiger partial charge in [0.05, 0.1) is 4.92 Å². The normalized spacial score (nSPS) is 10.4. The highest BCUT2D eigenvalue weighted by Crippen LogP contribution is 2.30. The molecule has 0 bridgehead atoms. The van der Waals surface area contributed by atoms with Gasteiger partial charge in [0.25, 0.3) is 0 Å². The Balaban J connectivity index is 2.08. The van der Waals surface area contributed by atoms with E-state index in [1.54, 1.807) is 6.07 Å². The average Bonchev–Trinajstić information content (AvgIpc) is 2.48. The van der Waals surface area contributed by atoms with E-state index in [0.717, 1.165) is 16.5 Å². The summed E-state index contributed by atoms with van der Waals surface area (Å²) in [7, 11) is 0. The molecule has 5 nitrogen and oxygen atoms in total. The van der Waals surface area contributed by atoms with Crippen molar-refractivity contribution in [1.29, 1.82) is 0 Å². The Morgan fingerprint density at radius 1 is 1.00 bits per heavy atom. The van der Waals surface area contributed by atoms with Gasteiger partial charge in [-0.3, -0.25) is 15.1 Å². The van der Waals surface area contributed by atoms with Crippen LogP contribution in [0.1, 0.15) is 0 Å². The molecular formula is C15H11N3O2. The molecule has 1 heterocycles. The number of nitro groups is 1. The fourth-order valence-electron chi connectivity index (χ4n) is 2.12. The first-order valence-electron chi connectivity index (χ1n) is 6.09. The molecule has 0 spiro atoms. The molecule has 0 aliphatic rings. The first-order valence-corrected chi connectivity index (χ1v) is 6.09. The summed E-state index contributed by atoms with van der Waals surface area (Å²) < 4.78 is 0. The maximum absolute atomic E-state index is 11.0. The van der Waals surface area contributed by atoms with E-state index < -0.39 is 4.92 Å². The molecule has 0 radical (unpaired) electrons. The SMILES string of the molecule is O=[N+]([O-])c1cnccc1Nc1cccc2ccccc12. The van der Waals surface area contributed by atoms with Crippen LogP contribution in [0, 0.1) is 10.1 Å². The smallest absolute Gasteiger partial charge is 0.310 e. The molecule has 0 unspecified atom stereocenters. The highest BCUT2D eigenvalue weighted by molar-refractivity contribution is 5.95. The minimum atomic E-state index is -0.444. The topological polar surface area (TPSA) is 68.1 Å². The van der Waals surface area contributed by atoms with Crippen molar-refractivity contribution in [1.82, 2.24) is 4.98 Å². The summed E-state index contributed by atoms with van der Waals surface area (Å²) >= 11 is 0. The number of benzene rings is 2. The summed E-state index contributed by atoms with van der Waals surface area (Å²) in [6, 6.07) is 15.3. The number of anilines is 2. The molecule has 0 saturated carbocycles. The van der Waals surface area contributed by atoms with Gasteiger partial charge < -0.3 is 5.32 Å². The quantitative estimate of drug-likeness (QED) is 0.576. The molecule has 0 aliphatic carbocycles. The number of hydrogen-bond acceptors (Lipinski definition) is 4. The van der Waals surface area contributed by atoms with Gasteiger partial charge in [0, 0.05) is 17.3 Å². The van der Waals surface area contributed by atoms with Crippen molar-refractivity contribution in [2.45, 2.75) is 0 Å².